The zero-order valence-corrected chi connectivity index (χ0v) is 10.8. The van der Waals surface area contributed by atoms with E-state index in [1.807, 2.05) is 4.68 Å². The molecule has 1 saturated heterocycles. The normalized spacial score (nSPS) is 17.7. The maximum atomic E-state index is 9.13. The Labute approximate surface area is 116 Å². The van der Waals surface area contributed by atoms with Crippen LogP contribution in [0.1, 0.15) is 23.6 Å². The third-order valence-corrected chi connectivity index (χ3v) is 3.47. The number of nitrogens with zero attached hydrogens (tertiary/aromatic N) is 6. The summed E-state index contributed by atoms with van der Waals surface area (Å²) in [4.78, 5) is 6.40. The molecule has 3 heterocycles. The first-order valence-corrected chi connectivity index (χ1v) is 6.36. The van der Waals surface area contributed by atoms with Crippen molar-refractivity contribution in [1.82, 2.24) is 14.8 Å². The summed E-state index contributed by atoms with van der Waals surface area (Å²) in [5, 5.41) is 22.2. The van der Waals surface area contributed by atoms with E-state index in [9.17, 15) is 0 Å². The highest BCUT2D eigenvalue weighted by Crippen LogP contribution is 2.27. The van der Waals surface area contributed by atoms with Crippen molar-refractivity contribution in [2.75, 3.05) is 18.0 Å². The maximum Gasteiger partial charge on any atom is 0.146 e. The minimum atomic E-state index is 0.214. The molecule has 0 aliphatic carbocycles. The Morgan fingerprint density at radius 1 is 1.30 bits per heavy atom. The molecule has 2 aromatic rings. The fourth-order valence-electron chi connectivity index (χ4n) is 2.48. The van der Waals surface area contributed by atoms with Crippen molar-refractivity contribution < 1.29 is 0 Å². The molecule has 0 saturated carbocycles. The number of aromatic nitrogens is 3. The average Bonchev–Trinajstić information content (AvgIpc) is 3.15. The molecule has 1 unspecified atom stereocenters. The number of nitriles is 2. The molecule has 0 spiro atoms. The van der Waals surface area contributed by atoms with Crippen LogP contribution in [0.3, 0.4) is 0 Å². The van der Waals surface area contributed by atoms with Crippen LogP contribution in [0.5, 0.6) is 0 Å². The minimum absolute atomic E-state index is 0.214. The van der Waals surface area contributed by atoms with Gasteiger partial charge in [-0.15, -0.1) is 0 Å². The first-order valence-electron chi connectivity index (χ1n) is 6.36. The third kappa shape index (κ3) is 2.08. The van der Waals surface area contributed by atoms with Crippen LogP contribution in [0.15, 0.2) is 30.7 Å². The summed E-state index contributed by atoms with van der Waals surface area (Å²) in [7, 11) is 0. The largest absolute Gasteiger partial charge is 0.353 e. The second-order valence-electron chi connectivity index (χ2n) is 4.70. The van der Waals surface area contributed by atoms with Crippen LogP contribution in [0.2, 0.25) is 0 Å². The molecule has 3 rings (SSSR count). The summed E-state index contributed by atoms with van der Waals surface area (Å²) in [6.07, 6.45) is 5.96. The lowest BCUT2D eigenvalue weighted by Gasteiger charge is -2.18. The standard InChI is InChI=1S/C14H12N6/c15-6-11-8-18-20(9-11)13-3-5-19(10-13)14-12(7-16)2-1-4-17-14/h1-2,4,8-9,13H,3,5,10H2. The molecule has 0 N–H and O–H groups in total. The maximum absolute atomic E-state index is 9.13. The van der Waals surface area contributed by atoms with E-state index in [2.05, 4.69) is 27.1 Å². The molecule has 0 aromatic carbocycles. The number of hydrogen-bond donors (Lipinski definition) is 0. The van der Waals surface area contributed by atoms with E-state index in [0.29, 0.717) is 11.1 Å². The first-order chi connectivity index (χ1) is 9.81. The van der Waals surface area contributed by atoms with Crippen LogP contribution < -0.4 is 4.90 Å². The summed E-state index contributed by atoms with van der Waals surface area (Å²) < 4.78 is 1.83. The molecular formula is C14H12N6. The van der Waals surface area contributed by atoms with E-state index in [4.69, 9.17) is 10.5 Å². The van der Waals surface area contributed by atoms with Crippen LogP contribution in [0, 0.1) is 22.7 Å². The summed E-state index contributed by atoms with van der Waals surface area (Å²) in [6, 6.07) is 8.01. The predicted molar refractivity (Wildman–Crippen MR) is 71.8 cm³/mol. The van der Waals surface area contributed by atoms with Gasteiger partial charge in [-0.05, 0) is 18.6 Å². The number of pyridine rings is 1. The highest BCUT2D eigenvalue weighted by atomic mass is 15.3. The SMILES string of the molecule is N#Cc1cnn(C2CCN(c3ncccc3C#N)C2)c1. The second-order valence-corrected chi connectivity index (χ2v) is 4.70. The summed E-state index contributed by atoms with van der Waals surface area (Å²) in [5.41, 5.74) is 1.16. The van der Waals surface area contributed by atoms with Gasteiger partial charge in [0.05, 0.1) is 23.4 Å². The van der Waals surface area contributed by atoms with Crippen molar-refractivity contribution in [3.05, 3.63) is 41.9 Å². The lowest BCUT2D eigenvalue weighted by Crippen LogP contribution is -2.23. The fourth-order valence-corrected chi connectivity index (χ4v) is 2.48. The van der Waals surface area contributed by atoms with Gasteiger partial charge in [0.1, 0.15) is 18.0 Å². The van der Waals surface area contributed by atoms with Gasteiger partial charge in [-0.2, -0.15) is 15.6 Å². The van der Waals surface area contributed by atoms with Crippen molar-refractivity contribution in [1.29, 1.82) is 10.5 Å². The molecule has 6 nitrogen and oxygen atoms in total. The average molecular weight is 264 g/mol. The van der Waals surface area contributed by atoms with Crippen molar-refractivity contribution in [2.24, 2.45) is 0 Å². The van der Waals surface area contributed by atoms with Gasteiger partial charge in [-0.1, -0.05) is 0 Å². The van der Waals surface area contributed by atoms with Gasteiger partial charge < -0.3 is 4.90 Å². The topological polar surface area (TPSA) is 81.5 Å². The summed E-state index contributed by atoms with van der Waals surface area (Å²) >= 11 is 0. The fraction of sp³-hybridized carbons (Fsp3) is 0.286. The Balaban J connectivity index is 1.80. The summed E-state index contributed by atoms with van der Waals surface area (Å²) in [5.74, 6) is 0.727. The third-order valence-electron chi connectivity index (χ3n) is 3.47. The van der Waals surface area contributed by atoms with Gasteiger partial charge in [0.15, 0.2) is 0 Å². The van der Waals surface area contributed by atoms with Crippen LogP contribution in [0.4, 0.5) is 5.82 Å². The first kappa shape index (κ1) is 12.2. The van der Waals surface area contributed by atoms with E-state index in [0.717, 1.165) is 25.3 Å². The Morgan fingerprint density at radius 3 is 2.95 bits per heavy atom. The van der Waals surface area contributed by atoms with Crippen LogP contribution in [0.25, 0.3) is 0 Å². The van der Waals surface area contributed by atoms with Gasteiger partial charge >= 0.3 is 0 Å². The second kappa shape index (κ2) is 5.02. The predicted octanol–water partition coefficient (Wildman–Crippen LogP) is 1.47. The van der Waals surface area contributed by atoms with E-state index < -0.39 is 0 Å². The number of hydrogen-bond acceptors (Lipinski definition) is 5. The Hall–Kier alpha value is -2.86. The van der Waals surface area contributed by atoms with Crippen molar-refractivity contribution in [2.45, 2.75) is 12.5 Å². The molecule has 0 bridgehead atoms. The molecular weight excluding hydrogens is 252 g/mol. The molecule has 6 heteroatoms. The van der Waals surface area contributed by atoms with Gasteiger partial charge in [0.2, 0.25) is 0 Å². The monoisotopic (exact) mass is 264 g/mol. The van der Waals surface area contributed by atoms with Crippen LogP contribution in [-0.4, -0.2) is 27.9 Å². The highest BCUT2D eigenvalue weighted by molar-refractivity contribution is 5.54. The molecule has 1 aliphatic heterocycles. The van der Waals surface area contributed by atoms with Crippen LogP contribution >= 0.6 is 0 Å². The van der Waals surface area contributed by atoms with Gasteiger partial charge in [-0.3, -0.25) is 4.68 Å². The van der Waals surface area contributed by atoms with Crippen molar-refractivity contribution in [3.8, 4) is 12.1 Å². The highest BCUT2D eigenvalue weighted by Gasteiger charge is 2.26. The van der Waals surface area contributed by atoms with Crippen molar-refractivity contribution in [3.63, 3.8) is 0 Å². The number of rotatable bonds is 2. The lowest BCUT2D eigenvalue weighted by molar-refractivity contribution is 0.494. The minimum Gasteiger partial charge on any atom is -0.353 e. The molecule has 0 radical (unpaired) electrons. The van der Waals surface area contributed by atoms with E-state index in [1.54, 1.807) is 30.7 Å². The molecule has 2 aromatic heterocycles. The van der Waals surface area contributed by atoms with Gasteiger partial charge in [0, 0.05) is 25.5 Å². The Kier molecular flexibility index (Phi) is 3.06. The Morgan fingerprint density at radius 2 is 2.20 bits per heavy atom. The molecule has 98 valence electrons. The quantitative estimate of drug-likeness (QED) is 0.820. The molecule has 1 aliphatic rings. The van der Waals surface area contributed by atoms with Gasteiger partial charge in [-0.25, -0.2) is 4.98 Å². The van der Waals surface area contributed by atoms with E-state index in [1.165, 1.54) is 0 Å². The number of anilines is 1. The van der Waals surface area contributed by atoms with Gasteiger partial charge in [0.25, 0.3) is 0 Å². The van der Waals surface area contributed by atoms with E-state index >= 15 is 0 Å². The van der Waals surface area contributed by atoms with Crippen LogP contribution in [-0.2, 0) is 0 Å². The molecule has 1 atom stereocenters. The lowest BCUT2D eigenvalue weighted by atomic mass is 10.2. The zero-order valence-electron chi connectivity index (χ0n) is 10.8. The smallest absolute Gasteiger partial charge is 0.146 e. The van der Waals surface area contributed by atoms with Crippen molar-refractivity contribution >= 4 is 5.82 Å². The molecule has 1 fully saturated rings. The molecule has 0 amide bonds. The zero-order chi connectivity index (χ0) is 13.9. The molecule has 20 heavy (non-hydrogen) atoms. The Bertz CT molecular complexity index is 705. The van der Waals surface area contributed by atoms with E-state index in [-0.39, 0.29) is 6.04 Å². The summed E-state index contributed by atoms with van der Waals surface area (Å²) in [6.45, 7) is 1.58.